The van der Waals surface area contributed by atoms with Crippen LogP contribution in [0.3, 0.4) is 0 Å². The number of H-pyrrole nitrogens is 1. The number of hydrogen-bond acceptors (Lipinski definition) is 2. The number of hydrogen-bond donors (Lipinski definition) is 2. The van der Waals surface area contributed by atoms with Gasteiger partial charge in [0.2, 0.25) is 0 Å². The van der Waals surface area contributed by atoms with E-state index in [0.717, 1.165) is 5.69 Å². The molecule has 0 unspecified atom stereocenters. The van der Waals surface area contributed by atoms with Gasteiger partial charge in [0.1, 0.15) is 0 Å². The van der Waals surface area contributed by atoms with Gasteiger partial charge in [-0.25, -0.2) is 0 Å². The Morgan fingerprint density at radius 2 is 2.42 bits per heavy atom. The molecule has 0 amide bonds. The van der Waals surface area contributed by atoms with Gasteiger partial charge in [-0.15, -0.1) is 0 Å². The first-order chi connectivity index (χ1) is 5.52. The van der Waals surface area contributed by atoms with Gasteiger partial charge in [0.05, 0.1) is 5.41 Å². The van der Waals surface area contributed by atoms with Crippen LogP contribution in [0.2, 0.25) is 0 Å². The van der Waals surface area contributed by atoms with Gasteiger partial charge in [0.25, 0.3) is 0 Å². The lowest BCUT2D eigenvalue weighted by atomic mass is 9.88. The molecule has 0 bridgehead atoms. The first-order valence-corrected chi connectivity index (χ1v) is 3.74. The molecule has 0 radical (unpaired) electrons. The highest BCUT2D eigenvalue weighted by Gasteiger charge is 2.27. The van der Waals surface area contributed by atoms with Crippen LogP contribution in [0.4, 0.5) is 0 Å². The summed E-state index contributed by atoms with van der Waals surface area (Å²) in [5.74, 6) is -0.794. The first kappa shape index (κ1) is 8.77. The molecule has 0 saturated heterocycles. The molecule has 66 valence electrons. The van der Waals surface area contributed by atoms with Crippen molar-refractivity contribution in [2.75, 3.05) is 0 Å². The molecule has 4 heteroatoms. The molecule has 1 aromatic heterocycles. The maximum Gasteiger partial charge on any atom is 0.309 e. The van der Waals surface area contributed by atoms with Gasteiger partial charge >= 0.3 is 5.97 Å². The summed E-state index contributed by atoms with van der Waals surface area (Å²) in [5.41, 5.74) is 0.120. The number of rotatable bonds is 3. The molecule has 12 heavy (non-hydrogen) atoms. The van der Waals surface area contributed by atoms with E-state index in [2.05, 4.69) is 10.2 Å². The Hall–Kier alpha value is -1.32. The normalized spacial score (nSPS) is 11.5. The van der Waals surface area contributed by atoms with Crippen molar-refractivity contribution in [1.29, 1.82) is 0 Å². The van der Waals surface area contributed by atoms with Crippen molar-refractivity contribution in [1.82, 2.24) is 10.2 Å². The predicted octanol–water partition coefficient (Wildman–Crippen LogP) is 1.06. The standard InChI is InChI=1S/C8H12N2O2/c1-8(2,7(11)12)5-6-3-4-9-10-6/h3-4H,5H2,1-2H3,(H,9,10)(H,11,12). The third-order valence-corrected chi connectivity index (χ3v) is 1.77. The van der Waals surface area contributed by atoms with Crippen molar-refractivity contribution in [3.8, 4) is 0 Å². The fraction of sp³-hybridized carbons (Fsp3) is 0.500. The van der Waals surface area contributed by atoms with Crippen LogP contribution in [-0.2, 0) is 11.2 Å². The second-order valence-electron chi connectivity index (χ2n) is 3.45. The lowest BCUT2D eigenvalue weighted by Crippen LogP contribution is -2.26. The molecule has 4 nitrogen and oxygen atoms in total. The maximum atomic E-state index is 10.7. The molecule has 0 spiro atoms. The van der Waals surface area contributed by atoms with Crippen molar-refractivity contribution in [3.63, 3.8) is 0 Å². The van der Waals surface area contributed by atoms with Crippen molar-refractivity contribution in [3.05, 3.63) is 18.0 Å². The van der Waals surface area contributed by atoms with Gasteiger partial charge in [-0.05, 0) is 19.9 Å². The van der Waals surface area contributed by atoms with Gasteiger partial charge < -0.3 is 5.11 Å². The Morgan fingerprint density at radius 1 is 1.75 bits per heavy atom. The molecular weight excluding hydrogens is 156 g/mol. The summed E-state index contributed by atoms with van der Waals surface area (Å²) < 4.78 is 0. The number of carbonyl (C=O) groups is 1. The summed E-state index contributed by atoms with van der Waals surface area (Å²) in [7, 11) is 0. The van der Waals surface area contributed by atoms with Crippen LogP contribution in [0.5, 0.6) is 0 Å². The molecule has 0 aliphatic carbocycles. The van der Waals surface area contributed by atoms with Crippen LogP contribution in [0.15, 0.2) is 12.3 Å². The quantitative estimate of drug-likeness (QED) is 0.709. The highest BCUT2D eigenvalue weighted by atomic mass is 16.4. The summed E-state index contributed by atoms with van der Waals surface area (Å²) in [5, 5.41) is 15.3. The summed E-state index contributed by atoms with van der Waals surface area (Å²) in [6, 6.07) is 1.78. The SMILES string of the molecule is CC(C)(Cc1ccn[nH]1)C(=O)O. The zero-order valence-corrected chi connectivity index (χ0v) is 7.16. The number of aromatic nitrogens is 2. The molecule has 1 aromatic rings. The topological polar surface area (TPSA) is 66.0 Å². The number of aliphatic carboxylic acids is 1. The van der Waals surface area contributed by atoms with Crippen LogP contribution in [-0.4, -0.2) is 21.3 Å². The summed E-state index contributed by atoms with van der Waals surface area (Å²) in [6.07, 6.45) is 2.09. The van der Waals surface area contributed by atoms with Crippen LogP contribution < -0.4 is 0 Å². The lowest BCUT2D eigenvalue weighted by molar-refractivity contribution is -0.146. The molecule has 2 N–H and O–H groups in total. The van der Waals surface area contributed by atoms with Gasteiger partial charge in [-0.3, -0.25) is 9.89 Å². The Labute approximate surface area is 70.6 Å². The van der Waals surface area contributed by atoms with Crippen LogP contribution >= 0.6 is 0 Å². The van der Waals surface area contributed by atoms with Crippen LogP contribution in [0, 0.1) is 5.41 Å². The van der Waals surface area contributed by atoms with E-state index in [1.165, 1.54) is 0 Å². The third-order valence-electron chi connectivity index (χ3n) is 1.77. The molecule has 1 rings (SSSR count). The summed E-state index contributed by atoms with van der Waals surface area (Å²) in [6.45, 7) is 3.38. The van der Waals surface area contributed by atoms with E-state index in [9.17, 15) is 4.79 Å². The van der Waals surface area contributed by atoms with Gasteiger partial charge in [-0.1, -0.05) is 0 Å². The molecule has 0 aromatic carbocycles. The molecule has 0 aliphatic rings. The zero-order chi connectivity index (χ0) is 9.19. The predicted molar refractivity (Wildman–Crippen MR) is 43.7 cm³/mol. The zero-order valence-electron chi connectivity index (χ0n) is 7.16. The number of carboxylic acid groups (broad SMARTS) is 1. The van der Waals surface area contributed by atoms with Crippen molar-refractivity contribution >= 4 is 5.97 Å². The minimum Gasteiger partial charge on any atom is -0.481 e. The summed E-state index contributed by atoms with van der Waals surface area (Å²) >= 11 is 0. The molecule has 0 aliphatic heterocycles. The largest absolute Gasteiger partial charge is 0.481 e. The van der Waals surface area contributed by atoms with E-state index in [4.69, 9.17) is 5.11 Å². The minimum atomic E-state index is -0.794. The van der Waals surface area contributed by atoms with Crippen LogP contribution in [0.1, 0.15) is 19.5 Å². The molecular formula is C8H12N2O2. The van der Waals surface area contributed by atoms with E-state index >= 15 is 0 Å². The number of aromatic amines is 1. The Balaban J connectivity index is 2.69. The van der Waals surface area contributed by atoms with Crippen molar-refractivity contribution < 1.29 is 9.90 Å². The van der Waals surface area contributed by atoms with E-state index in [1.807, 2.05) is 0 Å². The third kappa shape index (κ3) is 1.84. The maximum absolute atomic E-state index is 10.7. The van der Waals surface area contributed by atoms with Crippen molar-refractivity contribution in [2.45, 2.75) is 20.3 Å². The first-order valence-electron chi connectivity index (χ1n) is 3.74. The molecule has 0 atom stereocenters. The second kappa shape index (κ2) is 2.97. The number of nitrogens with zero attached hydrogens (tertiary/aromatic N) is 1. The molecule has 0 fully saturated rings. The lowest BCUT2D eigenvalue weighted by Gasteiger charge is -2.17. The fourth-order valence-electron chi connectivity index (χ4n) is 0.935. The average Bonchev–Trinajstić information content (AvgIpc) is 2.38. The smallest absolute Gasteiger partial charge is 0.309 e. The van der Waals surface area contributed by atoms with Crippen molar-refractivity contribution in [2.24, 2.45) is 5.41 Å². The number of carboxylic acids is 1. The van der Waals surface area contributed by atoms with Crippen LogP contribution in [0.25, 0.3) is 0 Å². The van der Waals surface area contributed by atoms with Gasteiger partial charge in [0, 0.05) is 18.3 Å². The Kier molecular flexibility index (Phi) is 2.17. The van der Waals surface area contributed by atoms with E-state index in [-0.39, 0.29) is 0 Å². The molecule has 0 saturated carbocycles. The van der Waals surface area contributed by atoms with E-state index in [0.29, 0.717) is 6.42 Å². The highest BCUT2D eigenvalue weighted by Crippen LogP contribution is 2.20. The Morgan fingerprint density at radius 3 is 2.83 bits per heavy atom. The minimum absolute atomic E-state index is 0.475. The van der Waals surface area contributed by atoms with E-state index < -0.39 is 11.4 Å². The van der Waals surface area contributed by atoms with Gasteiger partial charge in [-0.2, -0.15) is 5.10 Å². The summed E-state index contributed by atoms with van der Waals surface area (Å²) in [4.78, 5) is 10.7. The fourth-order valence-corrected chi connectivity index (χ4v) is 0.935. The average molecular weight is 168 g/mol. The van der Waals surface area contributed by atoms with Gasteiger partial charge in [0.15, 0.2) is 0 Å². The highest BCUT2D eigenvalue weighted by molar-refractivity contribution is 5.73. The van der Waals surface area contributed by atoms with E-state index in [1.54, 1.807) is 26.1 Å². The Bertz CT molecular complexity index is 265. The molecule has 1 heterocycles. The second-order valence-corrected chi connectivity index (χ2v) is 3.45. The monoisotopic (exact) mass is 168 g/mol. The number of nitrogens with one attached hydrogen (secondary N) is 1.